The molecule has 2 aromatic rings. The molecular weight excluding hydrogens is 256 g/mol. The third-order valence-electron chi connectivity index (χ3n) is 3.81. The molecule has 0 amide bonds. The van der Waals surface area contributed by atoms with Gasteiger partial charge in [-0.15, -0.1) is 0 Å². The van der Waals surface area contributed by atoms with Crippen molar-refractivity contribution < 1.29 is 5.11 Å². The average molecular weight is 273 g/mol. The molecule has 1 fully saturated rings. The van der Waals surface area contributed by atoms with Crippen LogP contribution in [0.15, 0.2) is 42.5 Å². The number of aryl methyl sites for hydroxylation is 1. The summed E-state index contributed by atoms with van der Waals surface area (Å²) in [6.45, 7) is 1.96. The first-order valence-corrected chi connectivity index (χ1v) is 7.07. The lowest BCUT2D eigenvalue weighted by molar-refractivity contribution is 0.220. The van der Waals surface area contributed by atoms with Gasteiger partial charge in [-0.3, -0.25) is 0 Å². The highest BCUT2D eigenvalue weighted by Gasteiger charge is 2.23. The number of aliphatic hydroxyl groups excluding tert-OH is 1. The minimum atomic E-state index is -0.605. The fourth-order valence-electron chi connectivity index (χ4n) is 2.34. The van der Waals surface area contributed by atoms with Gasteiger partial charge in [0.25, 0.3) is 0 Å². The van der Waals surface area contributed by atoms with Gasteiger partial charge in [0.05, 0.1) is 0 Å². The molecule has 1 saturated carbocycles. The van der Waals surface area contributed by atoms with E-state index in [0.717, 1.165) is 22.6 Å². The number of aliphatic hydroxyl groups is 1. The fourth-order valence-corrected chi connectivity index (χ4v) is 2.53. The highest BCUT2D eigenvalue weighted by atomic mass is 35.5. The molecule has 0 aromatic heterocycles. The maximum absolute atomic E-state index is 10.4. The van der Waals surface area contributed by atoms with Crippen LogP contribution in [0.25, 0.3) is 0 Å². The second-order valence-electron chi connectivity index (χ2n) is 5.35. The molecule has 98 valence electrons. The Morgan fingerprint density at radius 1 is 1.05 bits per heavy atom. The van der Waals surface area contributed by atoms with Crippen LogP contribution in [0, 0.1) is 6.92 Å². The van der Waals surface area contributed by atoms with Gasteiger partial charge in [-0.05, 0) is 54.0 Å². The van der Waals surface area contributed by atoms with E-state index in [1.807, 2.05) is 37.3 Å². The molecule has 1 aliphatic rings. The van der Waals surface area contributed by atoms with E-state index in [9.17, 15) is 5.11 Å². The van der Waals surface area contributed by atoms with E-state index in [0.29, 0.717) is 5.02 Å². The summed E-state index contributed by atoms with van der Waals surface area (Å²) >= 11 is 6.11. The predicted molar refractivity (Wildman–Crippen MR) is 78.7 cm³/mol. The molecule has 0 bridgehead atoms. The highest BCUT2D eigenvalue weighted by molar-refractivity contribution is 6.31. The Bertz CT molecular complexity index is 585. The second-order valence-corrected chi connectivity index (χ2v) is 5.76. The molecule has 2 heteroatoms. The quantitative estimate of drug-likeness (QED) is 0.865. The van der Waals surface area contributed by atoms with Crippen molar-refractivity contribution in [2.75, 3.05) is 0 Å². The van der Waals surface area contributed by atoms with Crippen LogP contribution in [0.5, 0.6) is 0 Å². The van der Waals surface area contributed by atoms with Gasteiger partial charge in [-0.1, -0.05) is 48.0 Å². The summed E-state index contributed by atoms with van der Waals surface area (Å²) in [6, 6.07) is 14.0. The first-order chi connectivity index (χ1) is 9.15. The minimum Gasteiger partial charge on any atom is -0.384 e. The molecule has 1 aliphatic carbocycles. The molecule has 0 aliphatic heterocycles. The van der Waals surface area contributed by atoms with E-state index in [1.54, 1.807) is 0 Å². The maximum atomic E-state index is 10.4. The lowest BCUT2D eigenvalue weighted by atomic mass is 9.98. The molecule has 0 radical (unpaired) electrons. The number of benzene rings is 2. The largest absolute Gasteiger partial charge is 0.384 e. The molecule has 1 nitrogen and oxygen atoms in total. The maximum Gasteiger partial charge on any atom is 0.104 e. The third kappa shape index (κ3) is 2.68. The summed E-state index contributed by atoms with van der Waals surface area (Å²) in [5.41, 5.74) is 4.18. The predicted octanol–water partition coefficient (Wildman–Crippen LogP) is 4.61. The number of rotatable bonds is 3. The molecule has 1 atom stereocenters. The van der Waals surface area contributed by atoms with Crippen LogP contribution in [0.4, 0.5) is 0 Å². The van der Waals surface area contributed by atoms with Gasteiger partial charge in [-0.25, -0.2) is 0 Å². The Kier molecular flexibility index (Phi) is 3.34. The smallest absolute Gasteiger partial charge is 0.104 e. The van der Waals surface area contributed by atoms with Gasteiger partial charge in [0.1, 0.15) is 6.10 Å². The van der Waals surface area contributed by atoms with E-state index in [-0.39, 0.29) is 0 Å². The Balaban J connectivity index is 1.85. The van der Waals surface area contributed by atoms with Crippen LogP contribution in [0.2, 0.25) is 5.02 Å². The summed E-state index contributed by atoms with van der Waals surface area (Å²) < 4.78 is 0. The van der Waals surface area contributed by atoms with E-state index < -0.39 is 6.10 Å². The Labute approximate surface area is 118 Å². The molecule has 2 aromatic carbocycles. The van der Waals surface area contributed by atoms with E-state index >= 15 is 0 Å². The van der Waals surface area contributed by atoms with Crippen molar-refractivity contribution in [1.82, 2.24) is 0 Å². The number of hydrogen-bond acceptors (Lipinski definition) is 1. The van der Waals surface area contributed by atoms with Gasteiger partial charge in [0.15, 0.2) is 0 Å². The molecule has 0 spiro atoms. The first-order valence-electron chi connectivity index (χ1n) is 6.69. The van der Waals surface area contributed by atoms with E-state index in [2.05, 4.69) is 12.1 Å². The normalized spacial score (nSPS) is 16.4. The molecule has 1 N–H and O–H groups in total. The standard InChI is InChI=1S/C17H17ClO/c1-11-2-3-15(10-16(11)18)17(19)14-8-6-13(7-9-14)12-4-5-12/h2-3,6-10,12,17,19H,4-5H2,1H3. The number of halogens is 1. The summed E-state index contributed by atoms with van der Waals surface area (Å²) in [5, 5.41) is 11.1. The van der Waals surface area contributed by atoms with Crippen molar-refractivity contribution >= 4 is 11.6 Å². The van der Waals surface area contributed by atoms with Crippen LogP contribution in [0.3, 0.4) is 0 Å². The van der Waals surface area contributed by atoms with Crippen molar-refractivity contribution in [1.29, 1.82) is 0 Å². The summed E-state index contributed by atoms with van der Waals surface area (Å²) in [4.78, 5) is 0. The summed E-state index contributed by atoms with van der Waals surface area (Å²) in [5.74, 6) is 0.750. The average Bonchev–Trinajstić information content (AvgIpc) is 3.26. The molecular formula is C17H17ClO. The lowest BCUT2D eigenvalue weighted by Crippen LogP contribution is -2.00. The SMILES string of the molecule is Cc1ccc(C(O)c2ccc(C3CC3)cc2)cc1Cl. The molecule has 1 unspecified atom stereocenters. The highest BCUT2D eigenvalue weighted by Crippen LogP contribution is 2.40. The molecule has 19 heavy (non-hydrogen) atoms. The topological polar surface area (TPSA) is 20.2 Å². The second kappa shape index (κ2) is 4.99. The zero-order valence-electron chi connectivity index (χ0n) is 10.9. The monoisotopic (exact) mass is 272 g/mol. The summed E-state index contributed by atoms with van der Waals surface area (Å²) in [7, 11) is 0. The van der Waals surface area contributed by atoms with E-state index in [1.165, 1.54) is 18.4 Å². The van der Waals surface area contributed by atoms with Gasteiger partial charge in [-0.2, -0.15) is 0 Å². The van der Waals surface area contributed by atoms with Crippen LogP contribution < -0.4 is 0 Å². The summed E-state index contributed by atoms with van der Waals surface area (Å²) in [6.07, 6.45) is 2.00. The first kappa shape index (κ1) is 12.7. The van der Waals surface area contributed by atoms with Crippen LogP contribution in [-0.2, 0) is 0 Å². The Hall–Kier alpha value is -1.31. The Morgan fingerprint density at radius 3 is 2.26 bits per heavy atom. The molecule has 3 rings (SSSR count). The van der Waals surface area contributed by atoms with Crippen molar-refractivity contribution in [3.05, 3.63) is 69.7 Å². The van der Waals surface area contributed by atoms with Crippen molar-refractivity contribution in [3.63, 3.8) is 0 Å². The van der Waals surface area contributed by atoms with Crippen molar-refractivity contribution in [2.45, 2.75) is 31.8 Å². The van der Waals surface area contributed by atoms with Crippen LogP contribution in [0.1, 0.15) is 47.1 Å². The van der Waals surface area contributed by atoms with Crippen molar-refractivity contribution in [3.8, 4) is 0 Å². The molecule has 0 heterocycles. The third-order valence-corrected chi connectivity index (χ3v) is 4.22. The fraction of sp³-hybridized carbons (Fsp3) is 0.294. The van der Waals surface area contributed by atoms with Gasteiger partial charge < -0.3 is 5.11 Å². The van der Waals surface area contributed by atoms with Gasteiger partial charge >= 0.3 is 0 Å². The Morgan fingerprint density at radius 2 is 1.68 bits per heavy atom. The van der Waals surface area contributed by atoms with Crippen LogP contribution >= 0.6 is 11.6 Å². The zero-order valence-corrected chi connectivity index (χ0v) is 11.7. The van der Waals surface area contributed by atoms with E-state index in [4.69, 9.17) is 11.6 Å². The van der Waals surface area contributed by atoms with Gasteiger partial charge in [0, 0.05) is 5.02 Å². The zero-order chi connectivity index (χ0) is 13.4. The van der Waals surface area contributed by atoms with Crippen LogP contribution in [-0.4, -0.2) is 5.11 Å². The lowest BCUT2D eigenvalue weighted by Gasteiger charge is -2.13. The van der Waals surface area contributed by atoms with Crippen molar-refractivity contribution in [2.24, 2.45) is 0 Å². The molecule has 0 saturated heterocycles. The van der Waals surface area contributed by atoms with Gasteiger partial charge in [0.2, 0.25) is 0 Å². The minimum absolute atomic E-state index is 0.605. The number of hydrogen-bond donors (Lipinski definition) is 1.